The largest absolute Gasteiger partial charge is 0.330 e. The van der Waals surface area contributed by atoms with Crippen molar-refractivity contribution in [3.8, 4) is 0 Å². The molecule has 0 aliphatic heterocycles. The minimum Gasteiger partial charge on any atom is -0.330 e. The molecule has 0 aromatic heterocycles. The summed E-state index contributed by atoms with van der Waals surface area (Å²) in [5.41, 5.74) is 5.59. The van der Waals surface area contributed by atoms with Gasteiger partial charge in [0, 0.05) is 0 Å². The van der Waals surface area contributed by atoms with Crippen molar-refractivity contribution in [1.82, 2.24) is 0 Å². The summed E-state index contributed by atoms with van der Waals surface area (Å²) in [7, 11) is 0. The predicted octanol–water partition coefficient (Wildman–Crippen LogP) is 4.36. The van der Waals surface area contributed by atoms with E-state index in [-0.39, 0.29) is 0 Å². The van der Waals surface area contributed by atoms with Crippen molar-refractivity contribution in [2.24, 2.45) is 17.6 Å². The third-order valence-electron chi connectivity index (χ3n) is 3.45. The van der Waals surface area contributed by atoms with Gasteiger partial charge in [-0.2, -0.15) is 0 Å². The summed E-state index contributed by atoms with van der Waals surface area (Å²) in [4.78, 5) is 0. The fourth-order valence-corrected chi connectivity index (χ4v) is 2.56. The van der Waals surface area contributed by atoms with Gasteiger partial charge in [-0.3, -0.25) is 0 Å². The number of hydrogen-bond donors (Lipinski definition) is 1. The number of nitrogens with two attached hydrogens (primary N) is 1. The van der Waals surface area contributed by atoms with Crippen LogP contribution in [0, 0.1) is 11.8 Å². The first kappa shape index (κ1) is 15.0. The molecule has 1 nitrogen and oxygen atoms in total. The third-order valence-corrected chi connectivity index (χ3v) is 3.45. The summed E-state index contributed by atoms with van der Waals surface area (Å²) < 4.78 is 0. The molecule has 0 spiro atoms. The normalized spacial score (nSPS) is 15.2. The minimum absolute atomic E-state index is 0.866. The Morgan fingerprint density at radius 2 is 1.47 bits per heavy atom. The lowest BCUT2D eigenvalue weighted by atomic mass is 9.84. The van der Waals surface area contributed by atoms with Gasteiger partial charge < -0.3 is 5.73 Å². The molecule has 1 heteroatoms. The Morgan fingerprint density at radius 3 is 1.93 bits per heavy atom. The van der Waals surface area contributed by atoms with Crippen molar-refractivity contribution in [2.45, 2.75) is 72.1 Å². The molecule has 0 saturated heterocycles. The van der Waals surface area contributed by atoms with E-state index in [4.69, 9.17) is 5.73 Å². The Hall–Kier alpha value is -0.0400. The molecule has 0 aliphatic carbocycles. The first-order valence-electron chi connectivity index (χ1n) is 6.98. The van der Waals surface area contributed by atoms with Gasteiger partial charge >= 0.3 is 0 Å². The Morgan fingerprint density at radius 1 is 0.867 bits per heavy atom. The van der Waals surface area contributed by atoms with Crippen LogP contribution in [0.5, 0.6) is 0 Å². The molecule has 0 aromatic rings. The second kappa shape index (κ2) is 10.5. The van der Waals surface area contributed by atoms with Crippen molar-refractivity contribution in [2.75, 3.05) is 6.54 Å². The first-order chi connectivity index (χ1) is 7.28. The van der Waals surface area contributed by atoms with Crippen molar-refractivity contribution in [1.29, 1.82) is 0 Å². The molecule has 0 fully saturated rings. The topological polar surface area (TPSA) is 26.0 Å². The van der Waals surface area contributed by atoms with Crippen LogP contribution in [0.1, 0.15) is 72.1 Å². The molecule has 0 radical (unpaired) electrons. The highest BCUT2D eigenvalue weighted by Crippen LogP contribution is 2.26. The van der Waals surface area contributed by atoms with Gasteiger partial charge in [0.15, 0.2) is 0 Å². The molecule has 0 amide bonds. The number of rotatable bonds is 10. The van der Waals surface area contributed by atoms with E-state index in [0.717, 1.165) is 18.4 Å². The molecular formula is C14H31N. The fourth-order valence-electron chi connectivity index (χ4n) is 2.56. The summed E-state index contributed by atoms with van der Waals surface area (Å²) in [6.07, 6.45) is 10.9. The van der Waals surface area contributed by atoms with Gasteiger partial charge in [0.2, 0.25) is 0 Å². The summed E-state index contributed by atoms with van der Waals surface area (Å²) >= 11 is 0. The van der Waals surface area contributed by atoms with Gasteiger partial charge in [-0.25, -0.2) is 0 Å². The van der Waals surface area contributed by atoms with Crippen molar-refractivity contribution in [3.63, 3.8) is 0 Å². The molecule has 15 heavy (non-hydrogen) atoms. The fraction of sp³-hybridized carbons (Fsp3) is 1.00. The third kappa shape index (κ3) is 7.84. The van der Waals surface area contributed by atoms with Crippen LogP contribution in [0.25, 0.3) is 0 Å². The first-order valence-corrected chi connectivity index (χ1v) is 6.98. The highest BCUT2D eigenvalue weighted by molar-refractivity contribution is 4.66. The molecule has 0 aromatic carbocycles. The van der Waals surface area contributed by atoms with Crippen LogP contribution in [0.3, 0.4) is 0 Å². The van der Waals surface area contributed by atoms with Crippen LogP contribution >= 0.6 is 0 Å². The lowest BCUT2D eigenvalue weighted by Gasteiger charge is -2.22. The molecule has 0 aliphatic rings. The maximum absolute atomic E-state index is 5.59. The molecular weight excluding hydrogens is 182 g/mol. The van der Waals surface area contributed by atoms with Crippen molar-refractivity contribution < 1.29 is 0 Å². The van der Waals surface area contributed by atoms with E-state index in [1.807, 2.05) is 0 Å². The molecule has 0 heterocycles. The van der Waals surface area contributed by atoms with E-state index in [1.54, 1.807) is 0 Å². The quantitative estimate of drug-likeness (QED) is 0.573. The van der Waals surface area contributed by atoms with E-state index in [9.17, 15) is 0 Å². The van der Waals surface area contributed by atoms with Crippen LogP contribution in [-0.4, -0.2) is 6.54 Å². The van der Waals surface area contributed by atoms with Crippen LogP contribution < -0.4 is 5.73 Å². The van der Waals surface area contributed by atoms with Crippen molar-refractivity contribution in [3.05, 3.63) is 0 Å². The molecule has 0 rings (SSSR count). The SMILES string of the molecule is CCCC(CC)CC(CCC)CCCN. The van der Waals surface area contributed by atoms with Crippen LogP contribution in [0.15, 0.2) is 0 Å². The summed E-state index contributed by atoms with van der Waals surface area (Å²) in [5.74, 6) is 1.90. The molecule has 2 atom stereocenters. The van der Waals surface area contributed by atoms with Gasteiger partial charge in [-0.15, -0.1) is 0 Å². The van der Waals surface area contributed by atoms with E-state index in [2.05, 4.69) is 20.8 Å². The van der Waals surface area contributed by atoms with E-state index >= 15 is 0 Å². The predicted molar refractivity (Wildman–Crippen MR) is 70.0 cm³/mol. The highest BCUT2D eigenvalue weighted by atomic mass is 14.5. The molecule has 0 bridgehead atoms. The zero-order valence-electron chi connectivity index (χ0n) is 11.1. The summed E-state index contributed by atoms with van der Waals surface area (Å²) in [6.45, 7) is 7.81. The Balaban J connectivity index is 3.87. The molecule has 92 valence electrons. The zero-order valence-corrected chi connectivity index (χ0v) is 11.1. The van der Waals surface area contributed by atoms with Gasteiger partial charge in [0.25, 0.3) is 0 Å². The van der Waals surface area contributed by atoms with E-state index < -0.39 is 0 Å². The van der Waals surface area contributed by atoms with Crippen LogP contribution in [0.4, 0.5) is 0 Å². The van der Waals surface area contributed by atoms with Gasteiger partial charge in [-0.05, 0) is 37.6 Å². The average molecular weight is 213 g/mol. The standard InChI is InChI=1S/C14H31N/c1-4-8-13(6-3)12-14(9-5-2)10-7-11-15/h13-14H,4-12,15H2,1-3H3. The van der Waals surface area contributed by atoms with Gasteiger partial charge in [0.1, 0.15) is 0 Å². The molecule has 0 saturated carbocycles. The van der Waals surface area contributed by atoms with Crippen LogP contribution in [0.2, 0.25) is 0 Å². The van der Waals surface area contributed by atoms with E-state index in [0.29, 0.717) is 0 Å². The monoisotopic (exact) mass is 213 g/mol. The lowest BCUT2D eigenvalue weighted by molar-refractivity contribution is 0.307. The Bertz CT molecular complexity index is 123. The smallest absolute Gasteiger partial charge is 0.00772 e. The second-order valence-electron chi connectivity index (χ2n) is 4.88. The summed E-state index contributed by atoms with van der Waals surface area (Å²) in [6, 6.07) is 0. The highest BCUT2D eigenvalue weighted by Gasteiger charge is 2.13. The van der Waals surface area contributed by atoms with Crippen LogP contribution in [-0.2, 0) is 0 Å². The zero-order chi connectivity index (χ0) is 11.5. The summed E-state index contributed by atoms with van der Waals surface area (Å²) in [5, 5.41) is 0. The van der Waals surface area contributed by atoms with E-state index in [1.165, 1.54) is 51.4 Å². The maximum Gasteiger partial charge on any atom is -0.00772 e. The second-order valence-corrected chi connectivity index (χ2v) is 4.88. The Kier molecular flexibility index (Phi) is 10.4. The maximum atomic E-state index is 5.59. The van der Waals surface area contributed by atoms with Gasteiger partial charge in [0.05, 0.1) is 0 Å². The molecule has 2 N–H and O–H groups in total. The lowest BCUT2D eigenvalue weighted by Crippen LogP contribution is -2.11. The average Bonchev–Trinajstić information content (AvgIpc) is 2.25. The molecule has 2 unspecified atom stereocenters. The number of hydrogen-bond acceptors (Lipinski definition) is 1. The van der Waals surface area contributed by atoms with Crippen molar-refractivity contribution >= 4 is 0 Å². The van der Waals surface area contributed by atoms with Gasteiger partial charge in [-0.1, -0.05) is 52.9 Å². The minimum atomic E-state index is 0.866. The Labute approximate surface area is 96.8 Å².